The molecule has 10 heteroatoms. The van der Waals surface area contributed by atoms with Crippen molar-refractivity contribution in [1.29, 1.82) is 0 Å². The van der Waals surface area contributed by atoms with E-state index < -0.39 is 16.1 Å². The van der Waals surface area contributed by atoms with Crippen LogP contribution in [0.3, 0.4) is 0 Å². The first-order valence-corrected chi connectivity index (χ1v) is 12.7. The summed E-state index contributed by atoms with van der Waals surface area (Å²) in [5.74, 6) is 0.271. The predicted octanol–water partition coefficient (Wildman–Crippen LogP) is 3.90. The minimum absolute atomic E-state index is 0.0313. The van der Waals surface area contributed by atoms with Crippen molar-refractivity contribution in [2.24, 2.45) is 5.92 Å². The van der Waals surface area contributed by atoms with Crippen LogP contribution >= 0.6 is 23.2 Å². The number of halogens is 2. The van der Waals surface area contributed by atoms with Crippen molar-refractivity contribution in [3.63, 3.8) is 0 Å². The van der Waals surface area contributed by atoms with Crippen molar-refractivity contribution in [3.8, 4) is 0 Å². The highest BCUT2D eigenvalue weighted by Crippen LogP contribution is 2.31. The van der Waals surface area contributed by atoms with Crippen molar-refractivity contribution in [2.45, 2.75) is 37.6 Å². The number of carbonyl (C=O) groups is 1. The lowest BCUT2D eigenvalue weighted by atomic mass is 9.99. The quantitative estimate of drug-likeness (QED) is 0.502. The largest absolute Gasteiger partial charge is 0.396 e. The maximum atomic E-state index is 13.3. The van der Waals surface area contributed by atoms with Gasteiger partial charge in [0.25, 0.3) is 0 Å². The molecule has 0 aliphatic carbocycles. The Hall–Kier alpha value is -2.00. The fraction of sp³-hybridized carbons (Fsp3) is 0.409. The molecule has 1 unspecified atom stereocenters. The molecule has 2 aromatic rings. The highest BCUT2D eigenvalue weighted by molar-refractivity contribution is 7.89. The number of nitrogens with zero attached hydrogens (tertiary/aromatic N) is 1. The fourth-order valence-corrected chi connectivity index (χ4v) is 5.44. The molecule has 0 aromatic heterocycles. The fourth-order valence-electron chi connectivity index (χ4n) is 3.58. The number of para-hydroxylation sites is 1. The lowest BCUT2D eigenvalue weighted by molar-refractivity contribution is -0.134. The van der Waals surface area contributed by atoms with E-state index in [0.29, 0.717) is 19.0 Å². The van der Waals surface area contributed by atoms with E-state index in [4.69, 9.17) is 28.9 Å². The zero-order valence-electron chi connectivity index (χ0n) is 18.1. The van der Waals surface area contributed by atoms with Crippen LogP contribution in [-0.4, -0.2) is 44.9 Å². The lowest BCUT2D eigenvalue weighted by Gasteiger charge is -2.33. The monoisotopic (exact) mass is 498 g/mol. The summed E-state index contributed by atoms with van der Waals surface area (Å²) in [6.07, 6.45) is 1.78. The molecule has 3 rings (SSSR count). The highest BCUT2D eigenvalue weighted by Gasteiger charge is 2.31. The molecule has 1 heterocycles. The van der Waals surface area contributed by atoms with E-state index in [1.807, 2.05) is 31.2 Å². The van der Waals surface area contributed by atoms with Gasteiger partial charge >= 0.3 is 0 Å². The Balaban J connectivity index is 1.85. The van der Waals surface area contributed by atoms with E-state index in [9.17, 15) is 13.2 Å². The van der Waals surface area contributed by atoms with Gasteiger partial charge in [0.2, 0.25) is 15.9 Å². The van der Waals surface area contributed by atoms with Gasteiger partial charge in [-0.1, -0.05) is 48.3 Å². The third-order valence-electron chi connectivity index (χ3n) is 5.70. The molecule has 1 atom stereocenters. The van der Waals surface area contributed by atoms with Gasteiger partial charge in [0.1, 0.15) is 6.04 Å². The number of piperidine rings is 1. The van der Waals surface area contributed by atoms with E-state index in [1.54, 1.807) is 4.90 Å². The number of aryl methyl sites for hydroxylation is 1. The third kappa shape index (κ3) is 5.86. The molecule has 0 saturated carbocycles. The van der Waals surface area contributed by atoms with Crippen LogP contribution in [-0.2, 0) is 14.8 Å². The van der Waals surface area contributed by atoms with Gasteiger partial charge < -0.3 is 16.0 Å². The molecule has 1 saturated heterocycles. The van der Waals surface area contributed by atoms with Gasteiger partial charge in [-0.3, -0.25) is 4.79 Å². The van der Waals surface area contributed by atoms with E-state index in [2.05, 4.69) is 17.0 Å². The Morgan fingerprint density at radius 2 is 1.78 bits per heavy atom. The number of hydrogen-bond donors (Lipinski definition) is 3. The second-order valence-corrected chi connectivity index (χ2v) is 10.7. The standard InChI is InChI=1S/C22H28Cl2N4O3S/c1-14-7-9-28(10-8-14)22(29)20(13-26-19-6-4-3-5-15(19)2)27-32(30,31)16-11-17(23)21(25)18(24)12-16/h3-6,11-12,14,20,26-27H,7-10,13,25H2,1-2H3. The molecular weight excluding hydrogens is 471 g/mol. The zero-order valence-corrected chi connectivity index (χ0v) is 20.4. The lowest BCUT2D eigenvalue weighted by Crippen LogP contribution is -2.53. The maximum absolute atomic E-state index is 13.3. The summed E-state index contributed by atoms with van der Waals surface area (Å²) in [7, 11) is -4.09. The summed E-state index contributed by atoms with van der Waals surface area (Å²) in [5.41, 5.74) is 7.65. The van der Waals surface area contributed by atoms with Gasteiger partial charge in [-0.15, -0.1) is 0 Å². The number of nitrogens with two attached hydrogens (primary N) is 1. The Kier molecular flexibility index (Phi) is 7.92. The van der Waals surface area contributed by atoms with E-state index in [0.717, 1.165) is 24.1 Å². The number of hydrogen-bond acceptors (Lipinski definition) is 5. The topological polar surface area (TPSA) is 105 Å². The van der Waals surface area contributed by atoms with Gasteiger partial charge in [0.05, 0.1) is 20.6 Å². The summed E-state index contributed by atoms with van der Waals surface area (Å²) in [6.45, 7) is 5.37. The number of anilines is 2. The summed E-state index contributed by atoms with van der Waals surface area (Å²) >= 11 is 12.1. The van der Waals surface area contributed by atoms with Crippen molar-refractivity contribution < 1.29 is 13.2 Å². The third-order valence-corrected chi connectivity index (χ3v) is 7.77. The predicted molar refractivity (Wildman–Crippen MR) is 130 cm³/mol. The number of nitrogens with one attached hydrogen (secondary N) is 2. The first kappa shape index (κ1) is 24.6. The minimum atomic E-state index is -4.09. The molecule has 0 spiro atoms. The summed E-state index contributed by atoms with van der Waals surface area (Å²) in [6, 6.07) is 9.05. The van der Waals surface area contributed by atoms with Gasteiger partial charge in [-0.25, -0.2) is 8.42 Å². The molecule has 32 heavy (non-hydrogen) atoms. The molecule has 4 N–H and O–H groups in total. The Labute approximate surface area is 199 Å². The van der Waals surface area contributed by atoms with Crippen LogP contribution < -0.4 is 15.8 Å². The van der Waals surface area contributed by atoms with E-state index in [1.165, 1.54) is 12.1 Å². The number of likely N-dealkylation sites (tertiary alicyclic amines) is 1. The number of nitrogen functional groups attached to an aromatic ring is 1. The van der Waals surface area contributed by atoms with Gasteiger partial charge in [0, 0.05) is 25.3 Å². The van der Waals surface area contributed by atoms with Gasteiger partial charge in [0.15, 0.2) is 0 Å². The number of benzene rings is 2. The van der Waals surface area contributed by atoms with Crippen LogP contribution in [0.1, 0.15) is 25.3 Å². The van der Waals surface area contributed by atoms with E-state index in [-0.39, 0.29) is 33.1 Å². The number of rotatable bonds is 7. The normalized spacial score (nSPS) is 16.1. The molecule has 2 aromatic carbocycles. The molecule has 0 radical (unpaired) electrons. The number of amides is 1. The average Bonchev–Trinajstić information content (AvgIpc) is 2.75. The Bertz CT molecular complexity index is 1060. The molecule has 1 amide bonds. The van der Waals surface area contributed by atoms with Crippen molar-refractivity contribution >= 4 is 50.5 Å². The van der Waals surface area contributed by atoms with Crippen LogP contribution in [0.25, 0.3) is 0 Å². The van der Waals surface area contributed by atoms with Crippen LogP contribution in [0.15, 0.2) is 41.3 Å². The smallest absolute Gasteiger partial charge is 0.242 e. The number of carbonyl (C=O) groups excluding carboxylic acids is 1. The summed E-state index contributed by atoms with van der Waals surface area (Å²) in [5, 5.41) is 3.26. The van der Waals surface area contributed by atoms with E-state index >= 15 is 0 Å². The molecule has 1 fully saturated rings. The second kappa shape index (κ2) is 10.3. The second-order valence-electron chi connectivity index (χ2n) is 8.18. The molecule has 1 aliphatic heterocycles. The molecule has 7 nitrogen and oxygen atoms in total. The van der Waals surface area contributed by atoms with Crippen LogP contribution in [0.4, 0.5) is 11.4 Å². The summed E-state index contributed by atoms with van der Waals surface area (Å²) < 4.78 is 28.8. The van der Waals surface area contributed by atoms with Crippen molar-refractivity contribution in [3.05, 3.63) is 52.0 Å². The van der Waals surface area contributed by atoms with Crippen molar-refractivity contribution in [2.75, 3.05) is 30.7 Å². The zero-order chi connectivity index (χ0) is 23.5. The van der Waals surface area contributed by atoms with Crippen LogP contribution in [0.2, 0.25) is 10.0 Å². The highest BCUT2D eigenvalue weighted by atomic mass is 35.5. The molecule has 0 bridgehead atoms. The minimum Gasteiger partial charge on any atom is -0.396 e. The molecular formula is C22H28Cl2N4O3S. The molecule has 174 valence electrons. The first-order valence-electron chi connectivity index (χ1n) is 10.4. The average molecular weight is 499 g/mol. The van der Waals surface area contributed by atoms with Gasteiger partial charge in [-0.05, 0) is 49.4 Å². The SMILES string of the molecule is Cc1ccccc1NCC(NS(=O)(=O)c1cc(Cl)c(N)c(Cl)c1)C(=O)N1CCC(C)CC1. The summed E-state index contributed by atoms with van der Waals surface area (Å²) in [4.78, 5) is 14.9. The Morgan fingerprint density at radius 1 is 1.19 bits per heavy atom. The Morgan fingerprint density at radius 3 is 2.38 bits per heavy atom. The van der Waals surface area contributed by atoms with Crippen LogP contribution in [0.5, 0.6) is 0 Å². The first-order chi connectivity index (χ1) is 15.1. The molecule has 1 aliphatic rings. The van der Waals surface area contributed by atoms with Gasteiger partial charge in [-0.2, -0.15) is 4.72 Å². The maximum Gasteiger partial charge on any atom is 0.242 e. The van der Waals surface area contributed by atoms with Crippen LogP contribution in [0, 0.1) is 12.8 Å². The van der Waals surface area contributed by atoms with Crippen molar-refractivity contribution in [1.82, 2.24) is 9.62 Å². The number of sulfonamides is 1.